The number of rotatable bonds is 5. The molecule has 0 bridgehead atoms. The SMILES string of the molecule is Cc1nnc(/C=C/c2ccc(Oc3c(-c4ccc(F)cc4C)sc4c3CCC(O)=C4)cc2)o1. The third kappa shape index (κ3) is 4.45. The van der Waals surface area contributed by atoms with Gasteiger partial charge in [-0.15, -0.1) is 21.5 Å². The second-order valence-corrected chi connectivity index (χ2v) is 8.91. The summed E-state index contributed by atoms with van der Waals surface area (Å²) in [6, 6.07) is 12.5. The molecule has 0 unspecified atom stereocenters. The molecular formula is C26H21FN2O3S. The Kier molecular flexibility index (Phi) is 5.56. The number of fused-ring (bicyclic) bond motifs is 1. The second-order valence-electron chi connectivity index (χ2n) is 7.86. The van der Waals surface area contributed by atoms with E-state index in [0.717, 1.165) is 37.8 Å². The molecule has 2 aromatic carbocycles. The van der Waals surface area contributed by atoms with Gasteiger partial charge in [-0.3, -0.25) is 0 Å². The lowest BCUT2D eigenvalue weighted by Gasteiger charge is -2.14. The molecule has 2 aromatic heterocycles. The molecule has 5 rings (SSSR count). The first-order valence-corrected chi connectivity index (χ1v) is 11.4. The molecule has 0 fully saturated rings. The quantitative estimate of drug-likeness (QED) is 0.337. The molecule has 0 spiro atoms. The predicted molar refractivity (Wildman–Crippen MR) is 128 cm³/mol. The third-order valence-corrected chi connectivity index (χ3v) is 6.61. The lowest BCUT2D eigenvalue weighted by atomic mass is 10.00. The lowest BCUT2D eigenvalue weighted by Crippen LogP contribution is -1.98. The smallest absolute Gasteiger partial charge is 0.240 e. The van der Waals surface area contributed by atoms with Crippen LogP contribution in [0.3, 0.4) is 0 Å². The molecule has 0 saturated carbocycles. The van der Waals surface area contributed by atoms with Crippen LogP contribution < -0.4 is 4.74 Å². The van der Waals surface area contributed by atoms with E-state index in [2.05, 4.69) is 10.2 Å². The summed E-state index contributed by atoms with van der Waals surface area (Å²) in [6.07, 6.45) is 6.71. The van der Waals surface area contributed by atoms with Crippen LogP contribution in [0.15, 0.2) is 52.6 Å². The number of nitrogens with zero attached hydrogens (tertiary/aromatic N) is 2. The predicted octanol–water partition coefficient (Wildman–Crippen LogP) is 7.36. The first kappa shape index (κ1) is 21.2. The topological polar surface area (TPSA) is 68.4 Å². The zero-order valence-corrected chi connectivity index (χ0v) is 18.9. The zero-order chi connectivity index (χ0) is 22.9. The van der Waals surface area contributed by atoms with E-state index in [-0.39, 0.29) is 5.82 Å². The first-order valence-electron chi connectivity index (χ1n) is 10.5. The molecule has 2 heterocycles. The summed E-state index contributed by atoms with van der Waals surface area (Å²) in [5.41, 5.74) is 3.79. The zero-order valence-electron chi connectivity index (χ0n) is 18.1. The van der Waals surface area contributed by atoms with Gasteiger partial charge in [0.25, 0.3) is 0 Å². The summed E-state index contributed by atoms with van der Waals surface area (Å²) >= 11 is 1.55. The Morgan fingerprint density at radius 2 is 1.88 bits per heavy atom. The lowest BCUT2D eigenvalue weighted by molar-refractivity contribution is 0.390. The standard InChI is InChI=1S/C26H21FN2O3S/c1-15-13-18(27)6-10-21(15)26-25(22-11-7-19(30)14-23(22)33-26)32-20-8-3-17(4-9-20)5-12-24-29-28-16(2)31-24/h3-6,8-10,12-14,30H,7,11H2,1-2H3/b12-5+. The highest BCUT2D eigenvalue weighted by Gasteiger charge is 2.24. The Morgan fingerprint density at radius 3 is 2.61 bits per heavy atom. The number of hydrogen-bond acceptors (Lipinski definition) is 6. The van der Waals surface area contributed by atoms with Crippen molar-refractivity contribution in [2.24, 2.45) is 0 Å². The number of hydrogen-bond donors (Lipinski definition) is 1. The van der Waals surface area contributed by atoms with Crippen molar-refractivity contribution >= 4 is 29.6 Å². The van der Waals surface area contributed by atoms with Crippen LogP contribution in [0.5, 0.6) is 11.5 Å². The van der Waals surface area contributed by atoms with E-state index < -0.39 is 0 Å². The van der Waals surface area contributed by atoms with E-state index in [1.807, 2.05) is 37.3 Å². The number of halogens is 1. The van der Waals surface area contributed by atoms with Crippen LogP contribution in [0.1, 0.15) is 39.8 Å². The molecule has 1 aliphatic carbocycles. The highest BCUT2D eigenvalue weighted by Crippen LogP contribution is 2.48. The number of aliphatic hydroxyl groups is 1. The number of thiophene rings is 1. The fourth-order valence-electron chi connectivity index (χ4n) is 3.78. The minimum atomic E-state index is -0.267. The highest BCUT2D eigenvalue weighted by atomic mass is 32.1. The highest BCUT2D eigenvalue weighted by molar-refractivity contribution is 7.17. The molecular weight excluding hydrogens is 439 g/mol. The van der Waals surface area contributed by atoms with Gasteiger partial charge in [0.1, 0.15) is 17.3 Å². The van der Waals surface area contributed by atoms with Crippen LogP contribution in [0.4, 0.5) is 4.39 Å². The van der Waals surface area contributed by atoms with Crippen LogP contribution in [-0.4, -0.2) is 15.3 Å². The average molecular weight is 461 g/mol. The summed E-state index contributed by atoms with van der Waals surface area (Å²) in [4.78, 5) is 1.90. The molecule has 166 valence electrons. The summed E-state index contributed by atoms with van der Waals surface area (Å²) in [6.45, 7) is 3.64. The maximum absolute atomic E-state index is 13.7. The van der Waals surface area contributed by atoms with Gasteiger partial charge in [0.15, 0.2) is 0 Å². The molecule has 0 radical (unpaired) electrons. The van der Waals surface area contributed by atoms with E-state index in [1.54, 1.807) is 36.5 Å². The van der Waals surface area contributed by atoms with Crippen molar-refractivity contribution in [1.29, 1.82) is 0 Å². The average Bonchev–Trinajstić information content (AvgIpc) is 3.36. The van der Waals surface area contributed by atoms with Gasteiger partial charge in [-0.25, -0.2) is 4.39 Å². The van der Waals surface area contributed by atoms with Crippen LogP contribution in [-0.2, 0) is 6.42 Å². The van der Waals surface area contributed by atoms with Gasteiger partial charge in [-0.2, -0.15) is 0 Å². The largest absolute Gasteiger partial charge is 0.512 e. The van der Waals surface area contributed by atoms with Gasteiger partial charge in [-0.1, -0.05) is 18.2 Å². The van der Waals surface area contributed by atoms with Crippen LogP contribution >= 0.6 is 11.3 Å². The van der Waals surface area contributed by atoms with Gasteiger partial charge in [0, 0.05) is 29.9 Å². The summed E-state index contributed by atoms with van der Waals surface area (Å²) in [7, 11) is 0. The molecule has 0 saturated heterocycles. The second kappa shape index (κ2) is 8.67. The molecule has 1 N–H and O–H groups in total. The number of ether oxygens (including phenoxy) is 1. The Hall–Kier alpha value is -3.71. The molecule has 0 aliphatic heterocycles. The monoisotopic (exact) mass is 460 g/mol. The minimum absolute atomic E-state index is 0.267. The van der Waals surface area contributed by atoms with Crippen molar-refractivity contribution in [3.05, 3.63) is 87.4 Å². The summed E-state index contributed by atoms with van der Waals surface area (Å²) in [5.74, 6) is 2.53. The molecule has 4 aromatic rings. The van der Waals surface area contributed by atoms with E-state index in [0.29, 0.717) is 36.1 Å². The van der Waals surface area contributed by atoms with Crippen molar-refractivity contribution in [3.63, 3.8) is 0 Å². The van der Waals surface area contributed by atoms with Gasteiger partial charge in [0.05, 0.1) is 10.6 Å². The number of aryl methyl sites for hydroxylation is 2. The van der Waals surface area contributed by atoms with Crippen molar-refractivity contribution in [1.82, 2.24) is 10.2 Å². The molecule has 0 amide bonds. The number of allylic oxidation sites excluding steroid dienone is 1. The van der Waals surface area contributed by atoms with E-state index in [9.17, 15) is 9.50 Å². The van der Waals surface area contributed by atoms with E-state index in [1.165, 1.54) is 12.1 Å². The van der Waals surface area contributed by atoms with E-state index in [4.69, 9.17) is 9.15 Å². The molecule has 33 heavy (non-hydrogen) atoms. The summed E-state index contributed by atoms with van der Waals surface area (Å²) < 4.78 is 25.4. The fraction of sp³-hybridized carbons (Fsp3) is 0.154. The maximum atomic E-state index is 13.7. The van der Waals surface area contributed by atoms with Gasteiger partial charge in [-0.05, 0) is 66.5 Å². The number of aromatic nitrogens is 2. The van der Waals surface area contributed by atoms with Crippen molar-refractivity contribution in [2.45, 2.75) is 26.7 Å². The third-order valence-electron chi connectivity index (χ3n) is 5.41. The minimum Gasteiger partial charge on any atom is -0.512 e. The Balaban J connectivity index is 1.47. The Labute approximate surface area is 194 Å². The Bertz CT molecular complexity index is 1380. The molecule has 1 aliphatic rings. The Morgan fingerprint density at radius 1 is 1.06 bits per heavy atom. The normalized spacial score (nSPS) is 13.2. The van der Waals surface area contributed by atoms with Crippen LogP contribution in [0.25, 0.3) is 28.7 Å². The molecule has 5 nitrogen and oxygen atoms in total. The van der Waals surface area contributed by atoms with Crippen LogP contribution in [0.2, 0.25) is 0 Å². The number of benzene rings is 2. The van der Waals surface area contributed by atoms with Crippen molar-refractivity contribution < 1.29 is 18.7 Å². The van der Waals surface area contributed by atoms with Crippen LogP contribution in [0, 0.1) is 19.7 Å². The first-order chi connectivity index (χ1) is 16.0. The molecule has 0 atom stereocenters. The van der Waals surface area contributed by atoms with E-state index >= 15 is 0 Å². The number of aliphatic hydroxyl groups excluding tert-OH is 1. The summed E-state index contributed by atoms with van der Waals surface area (Å²) in [5, 5.41) is 17.8. The van der Waals surface area contributed by atoms with Gasteiger partial charge >= 0.3 is 0 Å². The maximum Gasteiger partial charge on any atom is 0.240 e. The van der Waals surface area contributed by atoms with Crippen molar-refractivity contribution in [2.75, 3.05) is 0 Å². The van der Waals surface area contributed by atoms with Gasteiger partial charge < -0.3 is 14.3 Å². The van der Waals surface area contributed by atoms with Gasteiger partial charge in [0.2, 0.25) is 11.8 Å². The molecule has 7 heteroatoms. The van der Waals surface area contributed by atoms with Crippen molar-refractivity contribution in [3.8, 4) is 21.9 Å². The fourth-order valence-corrected chi connectivity index (χ4v) is 5.10.